The van der Waals surface area contributed by atoms with Crippen molar-refractivity contribution in [1.82, 2.24) is 9.21 Å². The van der Waals surface area contributed by atoms with Crippen molar-refractivity contribution in [2.75, 3.05) is 44.7 Å². The van der Waals surface area contributed by atoms with Crippen molar-refractivity contribution in [1.29, 1.82) is 0 Å². The summed E-state index contributed by atoms with van der Waals surface area (Å²) in [6.45, 7) is 8.56. The zero-order valence-electron chi connectivity index (χ0n) is 18.9. The molecule has 1 aliphatic heterocycles. The van der Waals surface area contributed by atoms with Crippen LogP contribution in [0.15, 0.2) is 59.5 Å². The van der Waals surface area contributed by atoms with Gasteiger partial charge in [-0.05, 0) is 41.7 Å². The number of piperazine rings is 1. The topological polar surface area (TPSA) is 60.9 Å². The molecule has 0 aliphatic carbocycles. The molecule has 0 aromatic heterocycles. The molecule has 0 bridgehead atoms. The van der Waals surface area contributed by atoms with Gasteiger partial charge in [-0.3, -0.25) is 9.69 Å². The number of sulfonamides is 1. The monoisotopic (exact) mass is 443 g/mol. The average Bonchev–Trinajstić information content (AvgIpc) is 2.79. The molecule has 7 heteroatoms. The molecule has 1 amide bonds. The van der Waals surface area contributed by atoms with E-state index in [1.165, 1.54) is 4.31 Å². The number of hydrogen-bond acceptors (Lipinski definition) is 4. The van der Waals surface area contributed by atoms with E-state index in [0.717, 1.165) is 17.7 Å². The number of amides is 1. The van der Waals surface area contributed by atoms with Crippen molar-refractivity contribution in [2.24, 2.45) is 0 Å². The van der Waals surface area contributed by atoms with Gasteiger partial charge in [-0.1, -0.05) is 51.1 Å². The Balaban J connectivity index is 1.59. The first-order valence-corrected chi connectivity index (χ1v) is 12.2. The summed E-state index contributed by atoms with van der Waals surface area (Å²) < 4.78 is 27.7. The van der Waals surface area contributed by atoms with Gasteiger partial charge in [0.15, 0.2) is 0 Å². The fraction of sp³-hybridized carbons (Fsp3) is 0.458. The number of benzene rings is 2. The lowest BCUT2D eigenvalue weighted by Crippen LogP contribution is -2.51. The summed E-state index contributed by atoms with van der Waals surface area (Å²) in [6.07, 6.45) is 0.985. The van der Waals surface area contributed by atoms with Gasteiger partial charge in [0.1, 0.15) is 0 Å². The van der Waals surface area contributed by atoms with Gasteiger partial charge in [0.25, 0.3) is 0 Å². The lowest BCUT2D eigenvalue weighted by atomic mass is 9.82. The first kappa shape index (κ1) is 23.4. The maximum atomic E-state index is 13.1. The van der Waals surface area contributed by atoms with E-state index in [-0.39, 0.29) is 17.9 Å². The zero-order valence-corrected chi connectivity index (χ0v) is 19.7. The summed E-state index contributed by atoms with van der Waals surface area (Å²) in [4.78, 5) is 16.6. The molecule has 0 spiro atoms. The highest BCUT2D eigenvalue weighted by Crippen LogP contribution is 2.28. The van der Waals surface area contributed by atoms with Crippen molar-refractivity contribution < 1.29 is 13.2 Å². The number of nitrogens with zero attached hydrogens (tertiary/aromatic N) is 3. The van der Waals surface area contributed by atoms with Crippen LogP contribution in [0.1, 0.15) is 32.8 Å². The van der Waals surface area contributed by atoms with Crippen molar-refractivity contribution in [3.8, 4) is 0 Å². The number of hydrogen-bond donors (Lipinski definition) is 0. The Labute approximate surface area is 186 Å². The van der Waals surface area contributed by atoms with Gasteiger partial charge in [-0.15, -0.1) is 0 Å². The maximum absolute atomic E-state index is 13.1. The minimum Gasteiger partial charge on any atom is -0.314 e. The van der Waals surface area contributed by atoms with E-state index in [1.807, 2.05) is 47.4 Å². The van der Waals surface area contributed by atoms with Crippen molar-refractivity contribution in [3.63, 3.8) is 0 Å². The van der Waals surface area contributed by atoms with E-state index < -0.39 is 10.0 Å². The minimum atomic E-state index is -3.53. The Morgan fingerprint density at radius 2 is 1.55 bits per heavy atom. The lowest BCUT2D eigenvalue weighted by molar-refractivity contribution is -0.119. The van der Waals surface area contributed by atoms with E-state index in [9.17, 15) is 13.2 Å². The SMILES string of the molecule is CCC(C)(C)c1ccc(S(=O)(=O)N2CCN(CC(=O)N(C)c3ccccc3)CC2)cc1. The summed E-state index contributed by atoms with van der Waals surface area (Å²) in [5.74, 6) is -0.00312. The Morgan fingerprint density at radius 3 is 2.10 bits per heavy atom. The molecule has 0 N–H and O–H groups in total. The molecular weight excluding hydrogens is 410 g/mol. The highest BCUT2D eigenvalue weighted by molar-refractivity contribution is 7.89. The Bertz CT molecular complexity index is 980. The number of rotatable bonds is 7. The summed E-state index contributed by atoms with van der Waals surface area (Å²) in [5, 5.41) is 0. The molecule has 0 radical (unpaired) electrons. The van der Waals surface area contributed by atoms with Crippen LogP contribution >= 0.6 is 0 Å². The first-order valence-electron chi connectivity index (χ1n) is 10.8. The summed E-state index contributed by atoms with van der Waals surface area (Å²) in [6, 6.07) is 16.8. The maximum Gasteiger partial charge on any atom is 0.243 e. The van der Waals surface area contributed by atoms with Crippen LogP contribution in [0.4, 0.5) is 5.69 Å². The molecule has 0 saturated carbocycles. The third kappa shape index (κ3) is 5.34. The van der Waals surface area contributed by atoms with E-state index in [2.05, 4.69) is 20.8 Å². The third-order valence-electron chi connectivity index (χ3n) is 6.37. The molecule has 168 valence electrons. The Morgan fingerprint density at radius 1 is 0.968 bits per heavy atom. The van der Waals surface area contributed by atoms with Crippen molar-refractivity contribution in [2.45, 2.75) is 37.5 Å². The van der Waals surface area contributed by atoms with Crippen LogP contribution in [0.3, 0.4) is 0 Å². The molecule has 2 aromatic rings. The Hall–Kier alpha value is -2.22. The number of likely N-dealkylation sites (N-methyl/N-ethyl adjacent to an activating group) is 1. The minimum absolute atomic E-state index is 0.00312. The molecule has 0 atom stereocenters. The van der Waals surface area contributed by atoms with Gasteiger partial charge in [0.2, 0.25) is 15.9 Å². The second kappa shape index (κ2) is 9.51. The van der Waals surface area contributed by atoms with Gasteiger partial charge in [-0.25, -0.2) is 8.42 Å². The molecule has 1 fully saturated rings. The molecular formula is C24H33N3O3S. The second-order valence-electron chi connectivity index (χ2n) is 8.73. The largest absolute Gasteiger partial charge is 0.314 e. The number of para-hydroxylation sites is 1. The van der Waals surface area contributed by atoms with Crippen molar-refractivity contribution >= 4 is 21.6 Å². The van der Waals surface area contributed by atoms with Crippen LogP contribution in [0, 0.1) is 0 Å². The average molecular weight is 444 g/mol. The fourth-order valence-corrected chi connectivity index (χ4v) is 5.07. The first-order chi connectivity index (χ1) is 14.6. The highest BCUT2D eigenvalue weighted by atomic mass is 32.2. The summed E-state index contributed by atoms with van der Waals surface area (Å²) in [7, 11) is -1.77. The quantitative estimate of drug-likeness (QED) is 0.659. The third-order valence-corrected chi connectivity index (χ3v) is 8.28. The lowest BCUT2D eigenvalue weighted by Gasteiger charge is -2.34. The van der Waals surface area contributed by atoms with Gasteiger partial charge in [-0.2, -0.15) is 4.31 Å². The second-order valence-corrected chi connectivity index (χ2v) is 10.7. The van der Waals surface area contributed by atoms with Gasteiger partial charge in [0.05, 0.1) is 11.4 Å². The van der Waals surface area contributed by atoms with Gasteiger partial charge >= 0.3 is 0 Å². The molecule has 6 nitrogen and oxygen atoms in total. The molecule has 3 rings (SSSR count). The van der Waals surface area contributed by atoms with Crippen LogP contribution < -0.4 is 4.90 Å². The van der Waals surface area contributed by atoms with Crippen molar-refractivity contribution in [3.05, 3.63) is 60.2 Å². The molecule has 1 saturated heterocycles. The van der Waals surface area contributed by atoms with Crippen LogP contribution in [-0.4, -0.2) is 63.3 Å². The predicted octanol–water partition coefficient (Wildman–Crippen LogP) is 3.34. The Kier molecular flexibility index (Phi) is 7.19. The number of anilines is 1. The molecule has 0 unspecified atom stereocenters. The van der Waals surface area contributed by atoms with E-state index >= 15 is 0 Å². The van der Waals surface area contributed by atoms with Crippen LogP contribution in [0.5, 0.6) is 0 Å². The smallest absolute Gasteiger partial charge is 0.243 e. The van der Waals surface area contributed by atoms with Crippen LogP contribution in [0.25, 0.3) is 0 Å². The summed E-state index contributed by atoms with van der Waals surface area (Å²) in [5.41, 5.74) is 2.01. The van der Waals surface area contributed by atoms with Gasteiger partial charge < -0.3 is 4.90 Å². The normalized spacial score (nSPS) is 16.3. The molecule has 2 aromatic carbocycles. The predicted molar refractivity (Wildman–Crippen MR) is 125 cm³/mol. The highest BCUT2D eigenvalue weighted by Gasteiger charge is 2.30. The number of carbonyl (C=O) groups is 1. The van der Waals surface area contributed by atoms with E-state index in [0.29, 0.717) is 31.1 Å². The molecule has 1 aliphatic rings. The molecule has 1 heterocycles. The van der Waals surface area contributed by atoms with Gasteiger partial charge in [0, 0.05) is 38.9 Å². The van der Waals surface area contributed by atoms with E-state index in [4.69, 9.17) is 0 Å². The van der Waals surface area contributed by atoms with Crippen LogP contribution in [-0.2, 0) is 20.2 Å². The van der Waals surface area contributed by atoms with E-state index in [1.54, 1.807) is 24.1 Å². The number of carbonyl (C=O) groups excluding carboxylic acids is 1. The standard InChI is InChI=1S/C24H33N3O3S/c1-5-24(2,3)20-11-13-22(14-12-20)31(29,30)27-17-15-26(16-18-27)19-23(28)25(4)21-9-7-6-8-10-21/h6-14H,5,15-19H2,1-4H3. The van der Waals surface area contributed by atoms with Crippen LogP contribution in [0.2, 0.25) is 0 Å². The fourth-order valence-electron chi connectivity index (χ4n) is 3.65. The molecule has 31 heavy (non-hydrogen) atoms. The zero-order chi connectivity index (χ0) is 22.6. The summed E-state index contributed by atoms with van der Waals surface area (Å²) >= 11 is 0.